The number of sulfonamides is 1. The first-order valence-electron chi connectivity index (χ1n) is 12.4. The normalized spacial score (nSPS) is 17.4. The third kappa shape index (κ3) is 5.29. The Labute approximate surface area is 219 Å². The lowest BCUT2D eigenvalue weighted by Gasteiger charge is -2.35. The van der Waals surface area contributed by atoms with Crippen LogP contribution in [0.1, 0.15) is 25.3 Å². The van der Waals surface area contributed by atoms with Crippen molar-refractivity contribution < 1.29 is 21.9 Å². The number of halogens is 2. The molecule has 2 N–H and O–H groups in total. The fourth-order valence-electron chi connectivity index (χ4n) is 4.36. The molecule has 2 aromatic carbocycles. The van der Waals surface area contributed by atoms with Crippen LogP contribution in [-0.4, -0.2) is 55.3 Å². The molecule has 1 saturated carbocycles. The van der Waals surface area contributed by atoms with E-state index in [9.17, 15) is 22.0 Å². The molecule has 0 unspecified atom stereocenters. The van der Waals surface area contributed by atoms with E-state index in [0.29, 0.717) is 38.0 Å². The quantitative estimate of drug-likeness (QED) is 0.463. The zero-order valence-electron chi connectivity index (χ0n) is 20.9. The van der Waals surface area contributed by atoms with Gasteiger partial charge in [0, 0.05) is 44.2 Å². The van der Waals surface area contributed by atoms with Gasteiger partial charge in [0.1, 0.15) is 17.3 Å². The summed E-state index contributed by atoms with van der Waals surface area (Å²) in [5.41, 5.74) is 6.13. The number of nitrogens with two attached hydrogens (primary N) is 1. The van der Waals surface area contributed by atoms with Crippen molar-refractivity contribution in [2.75, 3.05) is 37.7 Å². The Kier molecular flexibility index (Phi) is 6.97. The van der Waals surface area contributed by atoms with Gasteiger partial charge in [-0.15, -0.1) is 0 Å². The molecule has 1 saturated heterocycles. The Morgan fingerprint density at radius 3 is 2.24 bits per heavy atom. The number of rotatable bonds is 8. The molecule has 9 nitrogen and oxygen atoms in total. The third-order valence-electron chi connectivity index (χ3n) is 7.05. The number of piperazine rings is 1. The fourth-order valence-corrected chi connectivity index (χ4v) is 5.78. The Bertz CT molecular complexity index is 1480. The van der Waals surface area contributed by atoms with Gasteiger partial charge in [-0.2, -0.15) is 14.1 Å². The maximum Gasteiger partial charge on any atom is 0.316 e. The second kappa shape index (κ2) is 10.1. The molecule has 5 rings (SSSR count). The first-order valence-corrected chi connectivity index (χ1v) is 13.8. The summed E-state index contributed by atoms with van der Waals surface area (Å²) < 4.78 is 62.3. The summed E-state index contributed by atoms with van der Waals surface area (Å²) in [6.07, 6.45) is 3.36. The summed E-state index contributed by atoms with van der Waals surface area (Å²) in [5, 5.41) is 4.17. The van der Waals surface area contributed by atoms with Crippen molar-refractivity contribution in [1.29, 1.82) is 0 Å². The maximum atomic E-state index is 13.8. The van der Waals surface area contributed by atoms with Gasteiger partial charge in [0.05, 0.1) is 23.4 Å². The standard InChI is InChI=1S/C26H29F2N5O4S/c1-26(6-7-26)17-37-24-23(16-30-33(25(24)34)21-13-19(27)12-20(28)14-21)31-8-10-32(11-9-31)38(35,36)22-4-2-18(15-29)3-5-22/h2-5,12-14,16H,6-11,15,17,29H2,1H3. The predicted octanol–water partition coefficient (Wildman–Crippen LogP) is 2.66. The number of nitrogens with zero attached hydrogens (tertiary/aromatic N) is 4. The number of anilines is 1. The third-order valence-corrected chi connectivity index (χ3v) is 8.96. The van der Waals surface area contributed by atoms with Crippen LogP contribution >= 0.6 is 0 Å². The minimum Gasteiger partial charge on any atom is -0.486 e. The highest BCUT2D eigenvalue weighted by molar-refractivity contribution is 7.89. The minimum atomic E-state index is -3.70. The van der Waals surface area contributed by atoms with Crippen molar-refractivity contribution in [2.45, 2.75) is 31.2 Å². The van der Waals surface area contributed by atoms with Crippen molar-refractivity contribution in [2.24, 2.45) is 11.1 Å². The average Bonchev–Trinajstić information content (AvgIpc) is 3.64. The molecule has 1 aromatic heterocycles. The minimum absolute atomic E-state index is 0.0199. The van der Waals surface area contributed by atoms with Crippen LogP contribution in [0.5, 0.6) is 5.75 Å². The van der Waals surface area contributed by atoms with Crippen LogP contribution in [0.25, 0.3) is 5.69 Å². The maximum absolute atomic E-state index is 13.8. The Morgan fingerprint density at radius 2 is 1.66 bits per heavy atom. The Balaban J connectivity index is 1.41. The highest BCUT2D eigenvalue weighted by atomic mass is 32.2. The fraction of sp³-hybridized carbons (Fsp3) is 0.385. The summed E-state index contributed by atoms with van der Waals surface area (Å²) in [7, 11) is -3.70. The summed E-state index contributed by atoms with van der Waals surface area (Å²) >= 11 is 0. The first kappa shape index (κ1) is 26.3. The van der Waals surface area contributed by atoms with Crippen molar-refractivity contribution in [3.8, 4) is 11.4 Å². The lowest BCUT2D eigenvalue weighted by Crippen LogP contribution is -2.49. The van der Waals surface area contributed by atoms with E-state index in [4.69, 9.17) is 10.5 Å². The van der Waals surface area contributed by atoms with Gasteiger partial charge in [0.15, 0.2) is 0 Å². The molecule has 1 aliphatic heterocycles. The molecule has 0 amide bonds. The van der Waals surface area contributed by atoms with Crippen molar-refractivity contribution >= 4 is 15.7 Å². The zero-order chi connectivity index (χ0) is 27.1. The van der Waals surface area contributed by atoms with E-state index < -0.39 is 27.2 Å². The summed E-state index contributed by atoms with van der Waals surface area (Å²) in [4.78, 5) is 15.5. The number of aromatic nitrogens is 2. The van der Waals surface area contributed by atoms with Gasteiger partial charge in [-0.1, -0.05) is 19.1 Å². The molecular formula is C26H29F2N5O4S. The van der Waals surface area contributed by atoms with E-state index in [1.54, 1.807) is 24.3 Å². The monoisotopic (exact) mass is 545 g/mol. The highest BCUT2D eigenvalue weighted by Gasteiger charge is 2.39. The zero-order valence-corrected chi connectivity index (χ0v) is 21.8. The van der Waals surface area contributed by atoms with Gasteiger partial charge >= 0.3 is 5.56 Å². The number of benzene rings is 2. The SMILES string of the molecule is CC1(COc2c(N3CCN(S(=O)(=O)c4ccc(CN)cc4)CC3)cnn(-c3cc(F)cc(F)c3)c2=O)CC1. The van der Waals surface area contributed by atoms with Gasteiger partial charge in [-0.05, 0) is 42.7 Å². The number of ether oxygens (including phenoxy) is 1. The van der Waals surface area contributed by atoms with Gasteiger partial charge < -0.3 is 15.4 Å². The molecule has 0 atom stereocenters. The lowest BCUT2D eigenvalue weighted by atomic mass is 10.2. The molecule has 0 radical (unpaired) electrons. The summed E-state index contributed by atoms with van der Waals surface area (Å²) in [6.45, 7) is 3.67. The van der Waals surface area contributed by atoms with Crippen LogP contribution in [-0.2, 0) is 16.6 Å². The summed E-state index contributed by atoms with van der Waals surface area (Å²) in [5.74, 6) is -1.65. The molecule has 12 heteroatoms. The van der Waals surface area contributed by atoms with Crippen LogP contribution in [0.15, 0.2) is 58.4 Å². The van der Waals surface area contributed by atoms with E-state index in [-0.39, 0.29) is 34.8 Å². The molecular weight excluding hydrogens is 516 g/mol. The molecule has 1 aliphatic carbocycles. The smallest absolute Gasteiger partial charge is 0.316 e. The average molecular weight is 546 g/mol. The number of hydrogen-bond acceptors (Lipinski definition) is 7. The molecule has 202 valence electrons. The van der Waals surface area contributed by atoms with Crippen molar-refractivity contribution in [1.82, 2.24) is 14.1 Å². The Hall–Kier alpha value is -3.35. The molecule has 2 heterocycles. The van der Waals surface area contributed by atoms with Gasteiger partial charge in [0.25, 0.3) is 0 Å². The molecule has 38 heavy (non-hydrogen) atoms. The van der Waals surface area contributed by atoms with Gasteiger partial charge in [-0.3, -0.25) is 4.79 Å². The van der Waals surface area contributed by atoms with Crippen LogP contribution in [0.4, 0.5) is 14.5 Å². The molecule has 2 aliphatic rings. The van der Waals surface area contributed by atoms with Gasteiger partial charge in [-0.25, -0.2) is 17.2 Å². The highest BCUT2D eigenvalue weighted by Crippen LogP contribution is 2.45. The lowest BCUT2D eigenvalue weighted by molar-refractivity contribution is 0.242. The van der Waals surface area contributed by atoms with Crippen molar-refractivity contribution in [3.05, 3.63) is 76.2 Å². The Morgan fingerprint density at radius 1 is 1.03 bits per heavy atom. The predicted molar refractivity (Wildman–Crippen MR) is 138 cm³/mol. The van der Waals surface area contributed by atoms with Crippen molar-refractivity contribution in [3.63, 3.8) is 0 Å². The second-order valence-electron chi connectivity index (χ2n) is 10.0. The van der Waals surface area contributed by atoms with E-state index >= 15 is 0 Å². The van der Waals surface area contributed by atoms with E-state index in [2.05, 4.69) is 12.0 Å². The van der Waals surface area contributed by atoms with Crippen LogP contribution in [0.2, 0.25) is 0 Å². The van der Waals surface area contributed by atoms with E-state index in [1.807, 2.05) is 4.90 Å². The van der Waals surface area contributed by atoms with E-state index in [0.717, 1.165) is 35.2 Å². The first-order chi connectivity index (χ1) is 18.1. The second-order valence-corrected chi connectivity index (χ2v) is 12.0. The van der Waals surface area contributed by atoms with Crippen LogP contribution < -0.4 is 20.9 Å². The molecule has 0 spiro atoms. The van der Waals surface area contributed by atoms with E-state index in [1.165, 1.54) is 10.5 Å². The van der Waals surface area contributed by atoms with Crippen LogP contribution in [0, 0.1) is 17.0 Å². The summed E-state index contributed by atoms with van der Waals surface area (Å²) in [6, 6.07) is 9.24. The largest absolute Gasteiger partial charge is 0.486 e. The van der Waals surface area contributed by atoms with Gasteiger partial charge in [0.2, 0.25) is 15.8 Å². The molecule has 3 aromatic rings. The molecule has 0 bridgehead atoms. The van der Waals surface area contributed by atoms with Crippen LogP contribution in [0.3, 0.4) is 0 Å². The number of hydrogen-bond donors (Lipinski definition) is 1. The topological polar surface area (TPSA) is 111 Å². The molecule has 2 fully saturated rings.